The summed E-state index contributed by atoms with van der Waals surface area (Å²) in [7, 11) is 0. The van der Waals surface area contributed by atoms with E-state index < -0.39 is 37.1 Å². The third-order valence-electron chi connectivity index (χ3n) is 3.77. The topological polar surface area (TPSA) is 170 Å². The first kappa shape index (κ1) is 16.1. The van der Waals surface area contributed by atoms with Crippen LogP contribution in [0.25, 0.3) is 11.0 Å². The molecule has 2 aromatic rings. The molecule has 0 unspecified atom stereocenters. The van der Waals surface area contributed by atoms with Gasteiger partial charge >= 0.3 is 0 Å². The highest BCUT2D eigenvalue weighted by Crippen LogP contribution is 2.39. The Balaban J connectivity index is 2.25. The van der Waals surface area contributed by atoms with Crippen molar-refractivity contribution in [1.29, 1.82) is 0 Å². The van der Waals surface area contributed by atoms with Crippen LogP contribution in [0.2, 0.25) is 0 Å². The lowest BCUT2D eigenvalue weighted by atomic mass is 10.1. The zero-order valence-corrected chi connectivity index (χ0v) is 13.2. The minimum atomic E-state index is -1.35. The minimum absolute atomic E-state index is 0.0370. The van der Waals surface area contributed by atoms with Crippen molar-refractivity contribution >= 4 is 38.7 Å². The lowest BCUT2D eigenvalue weighted by Gasteiger charge is -2.18. The van der Waals surface area contributed by atoms with Gasteiger partial charge in [-0.1, -0.05) is 0 Å². The molecule has 1 fully saturated rings. The fourth-order valence-electron chi connectivity index (χ4n) is 2.68. The number of primary amides is 1. The van der Waals surface area contributed by atoms with E-state index in [-0.39, 0.29) is 27.0 Å². The number of anilines is 1. The van der Waals surface area contributed by atoms with Crippen LogP contribution in [0, 0.1) is 0 Å². The molecule has 0 saturated carbocycles. The average Bonchev–Trinajstić information content (AvgIpc) is 2.95. The Morgan fingerprint density at radius 3 is 2.65 bits per heavy atom. The highest BCUT2D eigenvalue weighted by Gasteiger charge is 2.45. The van der Waals surface area contributed by atoms with Gasteiger partial charge < -0.3 is 31.5 Å². The molecular weight excluding hydrogens is 374 g/mol. The number of fused-ring (bicyclic) bond motifs is 1. The van der Waals surface area contributed by atoms with Gasteiger partial charge in [0, 0.05) is 0 Å². The molecule has 2 aromatic heterocycles. The standard InChI is InChI=1S/C12H14BrN5O5/c13-8-4(10(15)22)5-9(14)16-2-17-11(5)18(8)12-7(21)6(20)3(1-19)23-12/h2-3,6-7,12,19-21H,1H2,(H2,15,22)(H2,14,16,17)/t3-,6+,7-,12-/m0/s1. The SMILES string of the molecule is NC(=O)c1c(Br)n([C@H]2O[C@@H](CO)[C@@H](O)[C@@H]2O)c2ncnc(N)c12. The number of carbonyl (C=O) groups excluding carboxylic acids is 1. The molecule has 124 valence electrons. The number of hydrogen-bond donors (Lipinski definition) is 5. The first-order chi connectivity index (χ1) is 10.9. The molecule has 1 aliphatic rings. The third kappa shape index (κ3) is 2.28. The Bertz CT molecular complexity index is 781. The van der Waals surface area contributed by atoms with Gasteiger partial charge in [0.1, 0.15) is 40.7 Å². The number of nitrogens with two attached hydrogens (primary N) is 2. The molecule has 1 aliphatic heterocycles. The molecule has 0 aromatic carbocycles. The van der Waals surface area contributed by atoms with Crippen LogP contribution in [0.5, 0.6) is 0 Å². The summed E-state index contributed by atoms with van der Waals surface area (Å²) in [6, 6.07) is 0. The molecule has 0 spiro atoms. The number of ether oxygens (including phenoxy) is 1. The molecule has 3 rings (SSSR count). The number of rotatable bonds is 3. The van der Waals surface area contributed by atoms with Crippen molar-refractivity contribution in [2.45, 2.75) is 24.5 Å². The summed E-state index contributed by atoms with van der Waals surface area (Å²) in [6.45, 7) is -0.481. The number of aliphatic hydroxyl groups excluding tert-OH is 3. The first-order valence-electron chi connectivity index (χ1n) is 6.60. The lowest BCUT2D eigenvalue weighted by molar-refractivity contribution is -0.0518. The van der Waals surface area contributed by atoms with Crippen LogP contribution in [0.4, 0.5) is 5.82 Å². The van der Waals surface area contributed by atoms with Gasteiger partial charge in [0.15, 0.2) is 6.23 Å². The summed E-state index contributed by atoms with van der Waals surface area (Å²) in [4.78, 5) is 19.6. The van der Waals surface area contributed by atoms with E-state index in [0.29, 0.717) is 0 Å². The molecule has 4 atom stereocenters. The number of halogens is 1. The average molecular weight is 388 g/mol. The molecule has 1 amide bonds. The van der Waals surface area contributed by atoms with Crippen LogP contribution in [-0.2, 0) is 4.74 Å². The normalized spacial score (nSPS) is 27.7. The van der Waals surface area contributed by atoms with Crippen molar-refractivity contribution in [2.24, 2.45) is 5.73 Å². The first-order valence-corrected chi connectivity index (χ1v) is 7.39. The Hall–Kier alpha value is -1.79. The van der Waals surface area contributed by atoms with Crippen LogP contribution < -0.4 is 11.5 Å². The van der Waals surface area contributed by atoms with Crippen LogP contribution >= 0.6 is 15.9 Å². The summed E-state index contributed by atoms with van der Waals surface area (Å²) in [5, 5.41) is 29.5. The second-order valence-electron chi connectivity index (χ2n) is 5.09. The summed E-state index contributed by atoms with van der Waals surface area (Å²) in [5.74, 6) is -0.733. The van der Waals surface area contributed by atoms with E-state index in [9.17, 15) is 20.1 Å². The summed E-state index contributed by atoms with van der Waals surface area (Å²) < 4.78 is 7.00. The number of nitrogen functional groups attached to an aromatic ring is 1. The van der Waals surface area contributed by atoms with Crippen LogP contribution in [0.3, 0.4) is 0 Å². The second kappa shape index (κ2) is 5.69. The predicted octanol–water partition coefficient (Wildman–Crippen LogP) is -1.51. The number of aromatic nitrogens is 3. The van der Waals surface area contributed by atoms with Crippen molar-refractivity contribution in [3.8, 4) is 0 Å². The Morgan fingerprint density at radius 1 is 1.39 bits per heavy atom. The van der Waals surface area contributed by atoms with Gasteiger partial charge in [-0.3, -0.25) is 9.36 Å². The Kier molecular flexibility index (Phi) is 3.98. The van der Waals surface area contributed by atoms with Gasteiger partial charge in [0.2, 0.25) is 0 Å². The zero-order chi connectivity index (χ0) is 16.9. The van der Waals surface area contributed by atoms with E-state index in [4.69, 9.17) is 16.2 Å². The zero-order valence-electron chi connectivity index (χ0n) is 11.6. The maximum absolute atomic E-state index is 11.8. The van der Waals surface area contributed by atoms with Gasteiger partial charge in [-0.2, -0.15) is 0 Å². The van der Waals surface area contributed by atoms with E-state index in [1.54, 1.807) is 0 Å². The van der Waals surface area contributed by atoms with Gasteiger partial charge in [-0.25, -0.2) is 9.97 Å². The number of hydrogen-bond acceptors (Lipinski definition) is 8. The number of carbonyl (C=O) groups is 1. The number of aliphatic hydroxyl groups is 3. The van der Waals surface area contributed by atoms with Gasteiger partial charge in [0.05, 0.1) is 17.6 Å². The molecule has 0 aliphatic carbocycles. The molecule has 23 heavy (non-hydrogen) atoms. The number of nitrogens with zero attached hydrogens (tertiary/aromatic N) is 3. The maximum Gasteiger partial charge on any atom is 0.252 e. The van der Waals surface area contributed by atoms with Crippen molar-refractivity contribution in [1.82, 2.24) is 14.5 Å². The molecule has 3 heterocycles. The van der Waals surface area contributed by atoms with Crippen molar-refractivity contribution in [3.05, 3.63) is 16.5 Å². The van der Waals surface area contributed by atoms with Crippen LogP contribution in [0.15, 0.2) is 10.9 Å². The van der Waals surface area contributed by atoms with Crippen molar-refractivity contribution < 1.29 is 24.9 Å². The van der Waals surface area contributed by atoms with Crippen LogP contribution in [-0.4, -0.2) is 60.7 Å². The summed E-state index contributed by atoms with van der Waals surface area (Å²) in [5.41, 5.74) is 11.4. The molecule has 0 radical (unpaired) electrons. The van der Waals surface area contributed by atoms with Crippen LogP contribution in [0.1, 0.15) is 16.6 Å². The van der Waals surface area contributed by atoms with E-state index in [1.807, 2.05) is 0 Å². The molecule has 7 N–H and O–H groups in total. The predicted molar refractivity (Wildman–Crippen MR) is 81.2 cm³/mol. The highest BCUT2D eigenvalue weighted by atomic mass is 79.9. The molecule has 1 saturated heterocycles. The maximum atomic E-state index is 11.8. The largest absolute Gasteiger partial charge is 0.394 e. The van der Waals surface area contributed by atoms with E-state index >= 15 is 0 Å². The molecule has 0 bridgehead atoms. The van der Waals surface area contributed by atoms with Crippen molar-refractivity contribution in [2.75, 3.05) is 12.3 Å². The van der Waals surface area contributed by atoms with Gasteiger partial charge in [-0.15, -0.1) is 0 Å². The van der Waals surface area contributed by atoms with E-state index in [0.717, 1.165) is 0 Å². The Morgan fingerprint density at radius 2 is 2.09 bits per heavy atom. The summed E-state index contributed by atoms with van der Waals surface area (Å²) >= 11 is 3.23. The lowest BCUT2D eigenvalue weighted by Crippen LogP contribution is -2.33. The van der Waals surface area contributed by atoms with E-state index in [2.05, 4.69) is 25.9 Å². The quantitative estimate of drug-likeness (QED) is 0.422. The smallest absolute Gasteiger partial charge is 0.252 e. The Labute approximate surface area is 137 Å². The second-order valence-corrected chi connectivity index (χ2v) is 5.84. The highest BCUT2D eigenvalue weighted by molar-refractivity contribution is 9.10. The minimum Gasteiger partial charge on any atom is -0.394 e. The summed E-state index contributed by atoms with van der Waals surface area (Å²) in [6.07, 6.45) is -3.54. The van der Waals surface area contributed by atoms with Gasteiger partial charge in [0.25, 0.3) is 5.91 Å². The molecule has 10 nitrogen and oxygen atoms in total. The fourth-order valence-corrected chi connectivity index (χ4v) is 3.44. The fraction of sp³-hybridized carbons (Fsp3) is 0.417. The van der Waals surface area contributed by atoms with Gasteiger partial charge in [-0.05, 0) is 15.9 Å². The third-order valence-corrected chi connectivity index (χ3v) is 4.55. The monoisotopic (exact) mass is 387 g/mol. The molecular formula is C12H14BrN5O5. The van der Waals surface area contributed by atoms with E-state index in [1.165, 1.54) is 10.9 Å². The van der Waals surface area contributed by atoms with Crippen molar-refractivity contribution in [3.63, 3.8) is 0 Å². The number of amides is 1. The molecule has 11 heteroatoms.